The number of primary amides is 1. The van der Waals surface area contributed by atoms with Crippen LogP contribution in [0.2, 0.25) is 0 Å². The molecule has 2 aromatic heterocycles. The lowest BCUT2D eigenvalue weighted by Gasteiger charge is -2.09. The highest BCUT2D eigenvalue weighted by atomic mass is 16.5. The highest BCUT2D eigenvalue weighted by Gasteiger charge is 2.18. The third-order valence-electron chi connectivity index (χ3n) is 5.20. The number of fused-ring (bicyclic) bond motifs is 1. The molecule has 0 aliphatic heterocycles. The molecule has 1 amide bonds. The number of aromatic amines is 1. The van der Waals surface area contributed by atoms with Gasteiger partial charge in [0, 0.05) is 5.56 Å². The van der Waals surface area contributed by atoms with Crippen LogP contribution < -0.4 is 16.0 Å². The Morgan fingerprint density at radius 3 is 2.53 bits per heavy atom. The predicted octanol–water partition coefficient (Wildman–Crippen LogP) is 3.29. The highest BCUT2D eigenvalue weighted by Crippen LogP contribution is 2.28. The molecule has 0 aliphatic rings. The molecule has 4 rings (SSSR count). The quantitative estimate of drug-likeness (QED) is 0.444. The van der Waals surface area contributed by atoms with E-state index in [2.05, 4.69) is 17.0 Å². The normalized spacial score (nSPS) is 11.1. The molecule has 4 aromatic rings. The zero-order chi connectivity index (χ0) is 22.7. The molecule has 0 fully saturated rings. The van der Waals surface area contributed by atoms with Gasteiger partial charge in [0.05, 0.1) is 24.4 Å². The molecule has 8 heteroatoms. The van der Waals surface area contributed by atoms with Crippen LogP contribution in [0.3, 0.4) is 0 Å². The van der Waals surface area contributed by atoms with Crippen LogP contribution in [0.5, 0.6) is 5.75 Å². The Hall–Kier alpha value is -3.94. The Bertz CT molecular complexity index is 1320. The average molecular weight is 431 g/mol. The largest absolute Gasteiger partial charge is 0.493 e. The second-order valence-corrected chi connectivity index (χ2v) is 7.46. The van der Waals surface area contributed by atoms with E-state index in [1.54, 1.807) is 12.1 Å². The van der Waals surface area contributed by atoms with Gasteiger partial charge in [-0.2, -0.15) is 5.10 Å². The van der Waals surface area contributed by atoms with E-state index in [9.17, 15) is 9.59 Å². The summed E-state index contributed by atoms with van der Waals surface area (Å²) >= 11 is 0. The first-order valence-electron chi connectivity index (χ1n) is 10.6. The van der Waals surface area contributed by atoms with Gasteiger partial charge in [0.1, 0.15) is 17.1 Å². The summed E-state index contributed by atoms with van der Waals surface area (Å²) in [4.78, 5) is 31.9. The van der Waals surface area contributed by atoms with Crippen LogP contribution in [0.15, 0.2) is 53.3 Å². The molecule has 8 nitrogen and oxygen atoms in total. The molecule has 0 aliphatic carbocycles. The smallest absolute Gasteiger partial charge is 0.279 e. The Morgan fingerprint density at radius 2 is 1.84 bits per heavy atom. The van der Waals surface area contributed by atoms with E-state index in [4.69, 9.17) is 15.5 Å². The lowest BCUT2D eigenvalue weighted by molar-refractivity contribution is 0.100. The molecule has 0 unspecified atom stereocenters. The van der Waals surface area contributed by atoms with Crippen molar-refractivity contribution in [1.29, 1.82) is 0 Å². The second kappa shape index (κ2) is 9.05. The first-order valence-corrected chi connectivity index (χ1v) is 10.6. The molecule has 164 valence electrons. The molecule has 2 aromatic carbocycles. The van der Waals surface area contributed by atoms with Gasteiger partial charge < -0.3 is 15.5 Å². The number of carbonyl (C=O) groups is 1. The number of carbonyl (C=O) groups excluding carboxylic acids is 1. The molecule has 0 saturated carbocycles. The minimum absolute atomic E-state index is 0.295. The molecule has 2 heterocycles. The SMILES string of the molecule is CCCc1c2nc(-c3ccccc3OCC)[nH]c(=O)c2nn1Cc1ccc(C(N)=O)cc1. The summed E-state index contributed by atoms with van der Waals surface area (Å²) in [6.07, 6.45) is 1.60. The summed E-state index contributed by atoms with van der Waals surface area (Å²) < 4.78 is 7.53. The number of aryl methyl sites for hydroxylation is 1. The zero-order valence-electron chi connectivity index (χ0n) is 18.1. The minimum atomic E-state index is -0.469. The van der Waals surface area contributed by atoms with Crippen LogP contribution >= 0.6 is 0 Å². The summed E-state index contributed by atoms with van der Waals surface area (Å²) in [5.41, 5.74) is 8.94. The van der Waals surface area contributed by atoms with Gasteiger partial charge in [0.2, 0.25) is 5.91 Å². The van der Waals surface area contributed by atoms with Gasteiger partial charge in [-0.05, 0) is 43.2 Å². The van der Waals surface area contributed by atoms with Crippen molar-refractivity contribution < 1.29 is 9.53 Å². The molecule has 0 saturated heterocycles. The van der Waals surface area contributed by atoms with Crippen LogP contribution in [-0.4, -0.2) is 32.3 Å². The number of aromatic nitrogens is 4. The van der Waals surface area contributed by atoms with E-state index in [0.717, 1.165) is 29.7 Å². The Labute approximate surface area is 185 Å². The molecule has 32 heavy (non-hydrogen) atoms. The second-order valence-electron chi connectivity index (χ2n) is 7.46. The maximum absolute atomic E-state index is 12.9. The summed E-state index contributed by atoms with van der Waals surface area (Å²) in [6, 6.07) is 14.5. The van der Waals surface area contributed by atoms with Gasteiger partial charge in [-0.25, -0.2) is 4.98 Å². The Kier molecular flexibility index (Phi) is 6.02. The number of nitrogens with one attached hydrogen (secondary N) is 1. The van der Waals surface area contributed by atoms with Gasteiger partial charge in [0.15, 0.2) is 5.52 Å². The highest BCUT2D eigenvalue weighted by molar-refractivity contribution is 5.92. The van der Waals surface area contributed by atoms with Crippen molar-refractivity contribution in [3.63, 3.8) is 0 Å². The van der Waals surface area contributed by atoms with Gasteiger partial charge >= 0.3 is 0 Å². The van der Waals surface area contributed by atoms with Crippen molar-refractivity contribution in [1.82, 2.24) is 19.7 Å². The third kappa shape index (κ3) is 4.12. The van der Waals surface area contributed by atoms with E-state index in [0.29, 0.717) is 41.3 Å². The number of nitrogens with zero attached hydrogens (tertiary/aromatic N) is 3. The summed E-state index contributed by atoms with van der Waals surface area (Å²) in [5.74, 6) is 0.648. The third-order valence-corrected chi connectivity index (χ3v) is 5.20. The number of rotatable bonds is 8. The van der Waals surface area contributed by atoms with E-state index in [-0.39, 0.29) is 5.56 Å². The number of amides is 1. The fourth-order valence-corrected chi connectivity index (χ4v) is 3.70. The van der Waals surface area contributed by atoms with E-state index in [1.165, 1.54) is 0 Å². The van der Waals surface area contributed by atoms with Gasteiger partial charge in [-0.1, -0.05) is 37.6 Å². The molecule has 3 N–H and O–H groups in total. The number of H-pyrrole nitrogens is 1. The van der Waals surface area contributed by atoms with Gasteiger partial charge in [0.25, 0.3) is 5.56 Å². The summed E-state index contributed by atoms with van der Waals surface area (Å²) in [7, 11) is 0. The first-order chi connectivity index (χ1) is 15.5. The van der Waals surface area contributed by atoms with E-state index in [1.807, 2.05) is 48.0 Å². The predicted molar refractivity (Wildman–Crippen MR) is 123 cm³/mol. The molecular formula is C24H25N5O3. The number of ether oxygens (including phenoxy) is 1. The lowest BCUT2D eigenvalue weighted by atomic mass is 10.1. The molecule has 0 atom stereocenters. The van der Waals surface area contributed by atoms with Crippen LogP contribution in [0.25, 0.3) is 22.4 Å². The van der Waals surface area contributed by atoms with Crippen molar-refractivity contribution in [3.05, 3.63) is 75.7 Å². The van der Waals surface area contributed by atoms with Gasteiger partial charge in [-0.15, -0.1) is 0 Å². The van der Waals surface area contributed by atoms with Crippen molar-refractivity contribution in [2.45, 2.75) is 33.2 Å². The maximum Gasteiger partial charge on any atom is 0.279 e. The fourth-order valence-electron chi connectivity index (χ4n) is 3.70. The number of benzene rings is 2. The standard InChI is InChI=1S/C24H25N5O3/c1-3-7-18-20-21(28-29(18)14-15-10-12-16(13-11-15)22(25)30)24(31)27-23(26-20)17-8-5-6-9-19(17)32-4-2/h5-6,8-13H,3-4,7,14H2,1-2H3,(H2,25,30)(H,26,27,31). The van der Waals surface area contributed by atoms with Crippen LogP contribution in [0.4, 0.5) is 0 Å². The first kappa shape index (κ1) is 21.3. The monoisotopic (exact) mass is 431 g/mol. The van der Waals surface area contributed by atoms with Crippen molar-refractivity contribution in [2.75, 3.05) is 6.61 Å². The number of hydrogen-bond donors (Lipinski definition) is 2. The van der Waals surface area contributed by atoms with Crippen molar-refractivity contribution >= 4 is 16.9 Å². The summed E-state index contributed by atoms with van der Waals surface area (Å²) in [6.45, 7) is 4.95. The minimum Gasteiger partial charge on any atom is -0.493 e. The van der Waals surface area contributed by atoms with Crippen LogP contribution in [-0.2, 0) is 13.0 Å². The van der Waals surface area contributed by atoms with Crippen LogP contribution in [0.1, 0.15) is 41.9 Å². The lowest BCUT2D eigenvalue weighted by Crippen LogP contribution is -2.11. The van der Waals surface area contributed by atoms with E-state index >= 15 is 0 Å². The number of nitrogens with two attached hydrogens (primary N) is 1. The molecule has 0 radical (unpaired) electrons. The van der Waals surface area contributed by atoms with Gasteiger partial charge in [-0.3, -0.25) is 14.3 Å². The number of para-hydroxylation sites is 1. The topological polar surface area (TPSA) is 116 Å². The molecule has 0 bridgehead atoms. The Balaban J connectivity index is 1.81. The molecular weight excluding hydrogens is 406 g/mol. The molecule has 0 spiro atoms. The zero-order valence-corrected chi connectivity index (χ0v) is 18.1. The fraction of sp³-hybridized carbons (Fsp3) is 0.250. The maximum atomic E-state index is 12.9. The van der Waals surface area contributed by atoms with Crippen molar-refractivity contribution in [3.8, 4) is 17.1 Å². The Morgan fingerprint density at radius 1 is 1.09 bits per heavy atom. The number of hydrogen-bond acceptors (Lipinski definition) is 5. The van der Waals surface area contributed by atoms with Crippen molar-refractivity contribution in [2.24, 2.45) is 5.73 Å². The summed E-state index contributed by atoms with van der Waals surface area (Å²) in [5, 5.41) is 4.56. The average Bonchev–Trinajstić information content (AvgIpc) is 3.13. The van der Waals surface area contributed by atoms with E-state index < -0.39 is 5.91 Å². The van der Waals surface area contributed by atoms with Crippen LogP contribution in [0, 0.1) is 0 Å².